The Morgan fingerprint density at radius 2 is 1.50 bits per heavy atom. The molecule has 2 rings (SSSR count). The van der Waals surface area contributed by atoms with E-state index >= 15 is 0 Å². The summed E-state index contributed by atoms with van der Waals surface area (Å²) in [6, 6.07) is 1.84. The quantitative estimate of drug-likeness (QED) is 0.627. The highest BCUT2D eigenvalue weighted by molar-refractivity contribution is 5.82. The van der Waals surface area contributed by atoms with E-state index in [4.69, 9.17) is 4.42 Å². The molecular formula is C11H6F6O. The molecule has 0 aliphatic rings. The molecule has 0 spiro atoms. The number of furan rings is 1. The van der Waals surface area contributed by atoms with Crippen LogP contribution in [0.1, 0.15) is 16.9 Å². The summed E-state index contributed by atoms with van der Waals surface area (Å²) in [5.41, 5.74) is -3.34. The normalized spacial score (nSPS) is 13.3. The fourth-order valence-corrected chi connectivity index (χ4v) is 1.66. The molecule has 0 radical (unpaired) electrons. The Morgan fingerprint density at radius 3 is 2.00 bits per heavy atom. The third-order valence-corrected chi connectivity index (χ3v) is 2.37. The van der Waals surface area contributed by atoms with Gasteiger partial charge in [-0.05, 0) is 25.1 Å². The lowest BCUT2D eigenvalue weighted by Gasteiger charge is -2.11. The van der Waals surface area contributed by atoms with Crippen LogP contribution in [0, 0.1) is 6.92 Å². The Kier molecular flexibility index (Phi) is 2.60. The van der Waals surface area contributed by atoms with Gasteiger partial charge in [-0.15, -0.1) is 0 Å². The maximum atomic E-state index is 12.7. The van der Waals surface area contributed by atoms with Gasteiger partial charge in [0.1, 0.15) is 11.3 Å². The molecule has 0 saturated heterocycles. The van der Waals surface area contributed by atoms with Gasteiger partial charge in [0.15, 0.2) is 0 Å². The van der Waals surface area contributed by atoms with Gasteiger partial charge in [-0.3, -0.25) is 0 Å². The predicted molar refractivity (Wildman–Crippen MR) is 51.0 cm³/mol. The van der Waals surface area contributed by atoms with Gasteiger partial charge in [0.05, 0.1) is 11.1 Å². The number of halogens is 6. The number of hydrogen-bond donors (Lipinski definition) is 0. The van der Waals surface area contributed by atoms with Crippen LogP contribution in [-0.4, -0.2) is 0 Å². The first-order chi connectivity index (χ1) is 8.09. The van der Waals surface area contributed by atoms with E-state index in [-0.39, 0.29) is 17.2 Å². The van der Waals surface area contributed by atoms with Crippen LogP contribution in [0.3, 0.4) is 0 Å². The van der Waals surface area contributed by atoms with E-state index in [0.717, 1.165) is 6.07 Å². The summed E-state index contributed by atoms with van der Waals surface area (Å²) in [7, 11) is 0. The van der Waals surface area contributed by atoms with E-state index in [2.05, 4.69) is 0 Å². The molecule has 1 nitrogen and oxygen atoms in total. The average Bonchev–Trinajstić information content (AvgIpc) is 2.52. The molecule has 0 unspecified atom stereocenters. The van der Waals surface area contributed by atoms with Crippen molar-refractivity contribution in [1.29, 1.82) is 0 Å². The first-order valence-corrected chi connectivity index (χ1v) is 4.77. The van der Waals surface area contributed by atoms with Crippen LogP contribution in [0.2, 0.25) is 0 Å². The molecule has 0 aliphatic heterocycles. The van der Waals surface area contributed by atoms with Crippen LogP contribution in [-0.2, 0) is 12.4 Å². The van der Waals surface area contributed by atoms with E-state index in [9.17, 15) is 26.3 Å². The molecule has 0 saturated carbocycles. The second-order valence-electron chi connectivity index (χ2n) is 3.79. The van der Waals surface area contributed by atoms with Gasteiger partial charge >= 0.3 is 12.4 Å². The SMILES string of the molecule is Cc1cc2cc(C(F)(F)F)cc(C(F)(F)F)c2o1. The molecule has 0 amide bonds. The Bertz CT molecular complexity index is 590. The summed E-state index contributed by atoms with van der Waals surface area (Å²) in [6.07, 6.45) is -9.73. The van der Waals surface area contributed by atoms with Crippen LogP contribution in [0.15, 0.2) is 22.6 Å². The van der Waals surface area contributed by atoms with Crippen molar-refractivity contribution in [1.82, 2.24) is 0 Å². The molecule has 98 valence electrons. The minimum Gasteiger partial charge on any atom is -0.461 e. The minimum absolute atomic E-state index is 0.0608. The number of benzene rings is 1. The number of aryl methyl sites for hydroxylation is 1. The zero-order valence-electron chi connectivity index (χ0n) is 8.91. The minimum atomic E-state index is -4.90. The van der Waals surface area contributed by atoms with Gasteiger partial charge < -0.3 is 4.42 Å². The van der Waals surface area contributed by atoms with Crippen LogP contribution < -0.4 is 0 Å². The molecule has 18 heavy (non-hydrogen) atoms. The molecule has 0 N–H and O–H groups in total. The number of fused-ring (bicyclic) bond motifs is 1. The molecule has 7 heteroatoms. The first kappa shape index (κ1) is 12.8. The average molecular weight is 268 g/mol. The highest BCUT2D eigenvalue weighted by Crippen LogP contribution is 2.40. The van der Waals surface area contributed by atoms with Crippen molar-refractivity contribution in [2.24, 2.45) is 0 Å². The van der Waals surface area contributed by atoms with Crippen molar-refractivity contribution in [3.05, 3.63) is 35.1 Å². The van der Waals surface area contributed by atoms with Gasteiger partial charge in [-0.25, -0.2) is 0 Å². The first-order valence-electron chi connectivity index (χ1n) is 4.77. The summed E-state index contributed by atoms with van der Waals surface area (Å²) in [6.45, 7) is 1.37. The van der Waals surface area contributed by atoms with E-state index in [1.807, 2.05) is 0 Å². The van der Waals surface area contributed by atoms with Crippen molar-refractivity contribution in [2.45, 2.75) is 19.3 Å². The topological polar surface area (TPSA) is 13.1 Å². The van der Waals surface area contributed by atoms with Crippen molar-refractivity contribution in [3.8, 4) is 0 Å². The molecule has 1 aromatic carbocycles. The molecule has 0 aliphatic carbocycles. The van der Waals surface area contributed by atoms with Crippen molar-refractivity contribution >= 4 is 11.0 Å². The fraction of sp³-hybridized carbons (Fsp3) is 0.273. The summed E-state index contributed by atoms with van der Waals surface area (Å²) < 4.78 is 80.3. The van der Waals surface area contributed by atoms with Crippen LogP contribution in [0.4, 0.5) is 26.3 Å². The molecule has 1 aromatic heterocycles. The Morgan fingerprint density at radius 1 is 0.889 bits per heavy atom. The highest BCUT2D eigenvalue weighted by Gasteiger charge is 2.39. The molecule has 1 heterocycles. The third-order valence-electron chi connectivity index (χ3n) is 2.37. The molecule has 0 atom stereocenters. The predicted octanol–water partition coefficient (Wildman–Crippen LogP) is 4.78. The zero-order chi connectivity index (χ0) is 13.7. The van der Waals surface area contributed by atoms with Gasteiger partial charge in [0, 0.05) is 5.39 Å². The summed E-state index contributed by atoms with van der Waals surface area (Å²) in [5.74, 6) is 0.120. The monoisotopic (exact) mass is 268 g/mol. The van der Waals surface area contributed by atoms with E-state index in [1.54, 1.807) is 0 Å². The fourth-order valence-electron chi connectivity index (χ4n) is 1.66. The van der Waals surface area contributed by atoms with Gasteiger partial charge in [-0.1, -0.05) is 0 Å². The molecule has 0 fully saturated rings. The third kappa shape index (κ3) is 2.16. The Balaban J connectivity index is 2.81. The summed E-state index contributed by atoms with van der Waals surface area (Å²) in [5, 5.41) is -0.213. The maximum Gasteiger partial charge on any atom is 0.420 e. The largest absolute Gasteiger partial charge is 0.461 e. The Hall–Kier alpha value is -1.66. The lowest BCUT2D eigenvalue weighted by Crippen LogP contribution is -2.10. The highest BCUT2D eigenvalue weighted by atomic mass is 19.4. The Labute approximate surface area is 97.0 Å². The molecule has 2 aromatic rings. The molecular weight excluding hydrogens is 262 g/mol. The van der Waals surface area contributed by atoms with Gasteiger partial charge in [-0.2, -0.15) is 26.3 Å². The second kappa shape index (κ2) is 3.66. The van der Waals surface area contributed by atoms with Gasteiger partial charge in [0.2, 0.25) is 0 Å². The standard InChI is InChI=1S/C11H6F6O/c1-5-2-6-3-7(10(12,13)14)4-8(9(6)18-5)11(15,16)17/h2-4H,1H3. The number of hydrogen-bond acceptors (Lipinski definition) is 1. The smallest absolute Gasteiger partial charge is 0.420 e. The van der Waals surface area contributed by atoms with Crippen molar-refractivity contribution in [2.75, 3.05) is 0 Å². The van der Waals surface area contributed by atoms with Crippen LogP contribution in [0.25, 0.3) is 11.0 Å². The summed E-state index contributed by atoms with van der Waals surface area (Å²) >= 11 is 0. The van der Waals surface area contributed by atoms with E-state index < -0.39 is 29.1 Å². The van der Waals surface area contributed by atoms with Crippen LogP contribution in [0.5, 0.6) is 0 Å². The van der Waals surface area contributed by atoms with Crippen molar-refractivity contribution < 1.29 is 30.8 Å². The lowest BCUT2D eigenvalue weighted by molar-refractivity contribution is -0.142. The van der Waals surface area contributed by atoms with Gasteiger partial charge in [0.25, 0.3) is 0 Å². The maximum absolute atomic E-state index is 12.7. The van der Waals surface area contributed by atoms with Crippen LogP contribution >= 0.6 is 0 Å². The van der Waals surface area contributed by atoms with Crippen molar-refractivity contribution in [3.63, 3.8) is 0 Å². The van der Waals surface area contributed by atoms with E-state index in [1.165, 1.54) is 6.92 Å². The zero-order valence-corrected chi connectivity index (χ0v) is 8.91. The molecule has 0 bridgehead atoms. The number of alkyl halides is 6. The summed E-state index contributed by atoms with van der Waals surface area (Å²) in [4.78, 5) is 0. The lowest BCUT2D eigenvalue weighted by atomic mass is 10.1. The second-order valence-corrected chi connectivity index (χ2v) is 3.79. The number of rotatable bonds is 0. The van der Waals surface area contributed by atoms with E-state index in [0.29, 0.717) is 6.07 Å².